The van der Waals surface area contributed by atoms with Crippen LogP contribution in [0, 0.1) is 5.92 Å². The maximum Gasteiger partial charge on any atom is 0.119 e. The Morgan fingerprint density at radius 2 is 1.79 bits per heavy atom. The molecule has 0 N–H and O–H groups in total. The van der Waals surface area contributed by atoms with Gasteiger partial charge in [-0.25, -0.2) is 0 Å². The molecule has 0 amide bonds. The van der Waals surface area contributed by atoms with Gasteiger partial charge in [-0.05, 0) is 49.8 Å². The van der Waals surface area contributed by atoms with Crippen molar-refractivity contribution >= 4 is 0 Å². The molecule has 76 valence electrons. The molecular weight excluding hydrogens is 172 g/mol. The lowest BCUT2D eigenvalue weighted by molar-refractivity contribution is 0.242. The van der Waals surface area contributed by atoms with E-state index in [4.69, 9.17) is 4.74 Å². The summed E-state index contributed by atoms with van der Waals surface area (Å²) in [6.45, 7) is 6.41. The van der Waals surface area contributed by atoms with Gasteiger partial charge in [0.2, 0.25) is 0 Å². The Hall–Kier alpha value is -0.980. The van der Waals surface area contributed by atoms with E-state index in [1.165, 1.54) is 12.0 Å². The van der Waals surface area contributed by atoms with Crippen LogP contribution in [0.1, 0.15) is 38.7 Å². The van der Waals surface area contributed by atoms with Gasteiger partial charge in [-0.3, -0.25) is 0 Å². The second-order valence-corrected chi connectivity index (χ2v) is 4.56. The van der Waals surface area contributed by atoms with E-state index in [0.29, 0.717) is 0 Å². The SMILES string of the molecule is CC(C)Oc1ccc(C2CC2C)cc1. The van der Waals surface area contributed by atoms with Crippen LogP contribution >= 0.6 is 0 Å². The molecule has 2 atom stereocenters. The summed E-state index contributed by atoms with van der Waals surface area (Å²) < 4.78 is 5.60. The average molecular weight is 190 g/mol. The highest BCUT2D eigenvalue weighted by Gasteiger charge is 2.33. The van der Waals surface area contributed by atoms with Crippen molar-refractivity contribution in [1.82, 2.24) is 0 Å². The first-order chi connectivity index (χ1) is 6.66. The number of ether oxygens (including phenoxy) is 1. The zero-order chi connectivity index (χ0) is 10.1. The molecule has 14 heavy (non-hydrogen) atoms. The monoisotopic (exact) mass is 190 g/mol. The Labute approximate surface area is 86.1 Å². The van der Waals surface area contributed by atoms with Crippen molar-refractivity contribution in [2.75, 3.05) is 0 Å². The second kappa shape index (κ2) is 3.64. The minimum absolute atomic E-state index is 0.265. The van der Waals surface area contributed by atoms with Gasteiger partial charge in [0.25, 0.3) is 0 Å². The molecule has 1 fully saturated rings. The van der Waals surface area contributed by atoms with Crippen LogP contribution in [-0.2, 0) is 0 Å². The number of hydrogen-bond donors (Lipinski definition) is 0. The largest absolute Gasteiger partial charge is 0.491 e. The summed E-state index contributed by atoms with van der Waals surface area (Å²) in [4.78, 5) is 0. The van der Waals surface area contributed by atoms with Crippen LogP contribution in [-0.4, -0.2) is 6.10 Å². The van der Waals surface area contributed by atoms with Gasteiger partial charge in [0, 0.05) is 0 Å². The van der Waals surface area contributed by atoms with Gasteiger partial charge in [0.05, 0.1) is 6.10 Å². The molecule has 0 aromatic heterocycles. The summed E-state index contributed by atoms with van der Waals surface area (Å²) in [6, 6.07) is 8.57. The van der Waals surface area contributed by atoms with Crippen LogP contribution in [0.3, 0.4) is 0 Å². The van der Waals surface area contributed by atoms with E-state index in [-0.39, 0.29) is 6.10 Å². The van der Waals surface area contributed by atoms with E-state index in [9.17, 15) is 0 Å². The minimum Gasteiger partial charge on any atom is -0.491 e. The van der Waals surface area contributed by atoms with Crippen LogP contribution in [0.5, 0.6) is 5.75 Å². The molecule has 2 unspecified atom stereocenters. The molecule has 1 nitrogen and oxygen atoms in total. The fourth-order valence-corrected chi connectivity index (χ4v) is 1.85. The third kappa shape index (κ3) is 2.09. The summed E-state index contributed by atoms with van der Waals surface area (Å²) in [7, 11) is 0. The van der Waals surface area contributed by atoms with Crippen LogP contribution < -0.4 is 4.74 Å². The van der Waals surface area contributed by atoms with Crippen molar-refractivity contribution in [3.63, 3.8) is 0 Å². The van der Waals surface area contributed by atoms with E-state index in [0.717, 1.165) is 17.6 Å². The first kappa shape index (κ1) is 9.57. The lowest BCUT2D eigenvalue weighted by Crippen LogP contribution is -2.05. The zero-order valence-corrected chi connectivity index (χ0v) is 9.16. The molecule has 1 aromatic carbocycles. The smallest absolute Gasteiger partial charge is 0.119 e. The summed E-state index contributed by atoms with van der Waals surface area (Å²) >= 11 is 0. The standard InChI is InChI=1S/C13H18O/c1-9(2)14-12-6-4-11(5-7-12)13-8-10(13)3/h4-7,9-10,13H,8H2,1-3H3. The zero-order valence-electron chi connectivity index (χ0n) is 9.16. The predicted octanol–water partition coefficient (Wildman–Crippen LogP) is 3.60. The van der Waals surface area contributed by atoms with Crippen LogP contribution in [0.4, 0.5) is 0 Å². The Morgan fingerprint density at radius 3 is 2.21 bits per heavy atom. The highest BCUT2D eigenvalue weighted by atomic mass is 16.5. The maximum atomic E-state index is 5.60. The van der Waals surface area contributed by atoms with E-state index >= 15 is 0 Å². The van der Waals surface area contributed by atoms with Crippen molar-refractivity contribution in [2.45, 2.75) is 39.2 Å². The lowest BCUT2D eigenvalue weighted by Gasteiger charge is -2.09. The molecule has 0 radical (unpaired) electrons. The van der Waals surface area contributed by atoms with Gasteiger partial charge in [-0.1, -0.05) is 19.1 Å². The first-order valence-corrected chi connectivity index (χ1v) is 5.43. The molecule has 1 aliphatic carbocycles. The fraction of sp³-hybridized carbons (Fsp3) is 0.538. The van der Waals surface area contributed by atoms with Gasteiger partial charge in [0.1, 0.15) is 5.75 Å². The normalized spacial score (nSPS) is 25.1. The molecular formula is C13H18O. The number of rotatable bonds is 3. The van der Waals surface area contributed by atoms with Gasteiger partial charge in [-0.2, -0.15) is 0 Å². The van der Waals surface area contributed by atoms with Crippen LogP contribution in [0.25, 0.3) is 0 Å². The molecule has 0 aliphatic heterocycles. The van der Waals surface area contributed by atoms with E-state index in [2.05, 4.69) is 45.0 Å². The third-order valence-electron chi connectivity index (χ3n) is 2.79. The van der Waals surface area contributed by atoms with E-state index < -0.39 is 0 Å². The summed E-state index contributed by atoms with van der Waals surface area (Å²) in [5.41, 5.74) is 1.47. The molecule has 0 saturated heterocycles. The Bertz CT molecular complexity index is 300. The molecule has 1 aromatic rings. The van der Waals surface area contributed by atoms with Gasteiger partial charge in [0.15, 0.2) is 0 Å². The van der Waals surface area contributed by atoms with Crippen molar-refractivity contribution < 1.29 is 4.74 Å². The second-order valence-electron chi connectivity index (χ2n) is 4.56. The topological polar surface area (TPSA) is 9.23 Å². The molecule has 1 heteroatoms. The quantitative estimate of drug-likeness (QED) is 0.707. The first-order valence-electron chi connectivity index (χ1n) is 5.43. The van der Waals surface area contributed by atoms with Crippen molar-refractivity contribution in [2.24, 2.45) is 5.92 Å². The number of benzene rings is 1. The third-order valence-corrected chi connectivity index (χ3v) is 2.79. The van der Waals surface area contributed by atoms with Gasteiger partial charge in [-0.15, -0.1) is 0 Å². The van der Waals surface area contributed by atoms with E-state index in [1.807, 2.05) is 0 Å². The van der Waals surface area contributed by atoms with Crippen LogP contribution in [0.2, 0.25) is 0 Å². The van der Waals surface area contributed by atoms with Gasteiger partial charge >= 0.3 is 0 Å². The fourth-order valence-electron chi connectivity index (χ4n) is 1.85. The molecule has 1 saturated carbocycles. The lowest BCUT2D eigenvalue weighted by atomic mass is 10.1. The highest BCUT2D eigenvalue weighted by molar-refractivity contribution is 5.32. The summed E-state index contributed by atoms with van der Waals surface area (Å²) in [5.74, 6) is 2.67. The Kier molecular flexibility index (Phi) is 2.49. The highest BCUT2D eigenvalue weighted by Crippen LogP contribution is 2.46. The Morgan fingerprint density at radius 1 is 1.21 bits per heavy atom. The Balaban J connectivity index is 2.03. The maximum absolute atomic E-state index is 5.60. The molecule has 0 heterocycles. The summed E-state index contributed by atoms with van der Waals surface area (Å²) in [5, 5.41) is 0. The molecule has 2 rings (SSSR count). The average Bonchev–Trinajstić information content (AvgIpc) is 2.83. The van der Waals surface area contributed by atoms with Crippen LogP contribution in [0.15, 0.2) is 24.3 Å². The molecule has 0 spiro atoms. The van der Waals surface area contributed by atoms with Crippen molar-refractivity contribution in [3.05, 3.63) is 29.8 Å². The molecule has 0 bridgehead atoms. The molecule has 1 aliphatic rings. The summed E-state index contributed by atoms with van der Waals surface area (Å²) in [6.07, 6.45) is 1.62. The number of hydrogen-bond acceptors (Lipinski definition) is 1. The van der Waals surface area contributed by atoms with Gasteiger partial charge < -0.3 is 4.74 Å². The van der Waals surface area contributed by atoms with Crippen molar-refractivity contribution in [1.29, 1.82) is 0 Å². The van der Waals surface area contributed by atoms with Crippen molar-refractivity contribution in [3.8, 4) is 5.75 Å². The minimum atomic E-state index is 0.265. The predicted molar refractivity (Wildman–Crippen MR) is 58.7 cm³/mol. The van der Waals surface area contributed by atoms with E-state index in [1.54, 1.807) is 0 Å².